The van der Waals surface area contributed by atoms with Crippen LogP contribution in [0.15, 0.2) is 36.7 Å². The lowest BCUT2D eigenvalue weighted by Gasteiger charge is -2.28. The molecule has 33 heavy (non-hydrogen) atoms. The molecule has 1 aliphatic carbocycles. The van der Waals surface area contributed by atoms with Crippen molar-refractivity contribution < 1.29 is 9.53 Å². The molecular formula is C23H24N8O2. The van der Waals surface area contributed by atoms with Gasteiger partial charge in [0.1, 0.15) is 5.52 Å². The molecule has 4 aromatic heterocycles. The van der Waals surface area contributed by atoms with Crippen molar-refractivity contribution in [3.8, 4) is 11.3 Å². The first kappa shape index (κ1) is 19.9. The number of hydrogen-bond donors (Lipinski definition) is 2. The number of pyridine rings is 2. The largest absolute Gasteiger partial charge is 0.378 e. The molecule has 0 bridgehead atoms. The number of hydrogen-bond acceptors (Lipinski definition) is 8. The van der Waals surface area contributed by atoms with E-state index in [9.17, 15) is 4.79 Å². The van der Waals surface area contributed by atoms with Crippen LogP contribution in [0.3, 0.4) is 0 Å². The van der Waals surface area contributed by atoms with E-state index in [1.165, 1.54) is 0 Å². The fourth-order valence-electron chi connectivity index (χ4n) is 4.17. The summed E-state index contributed by atoms with van der Waals surface area (Å²) in [7, 11) is 1.80. The second kappa shape index (κ2) is 7.96. The Bertz CT molecular complexity index is 1360. The summed E-state index contributed by atoms with van der Waals surface area (Å²) in [6, 6.07) is 8.06. The maximum absolute atomic E-state index is 12.2. The Morgan fingerprint density at radius 2 is 2.00 bits per heavy atom. The molecule has 10 heteroatoms. The lowest BCUT2D eigenvalue weighted by Crippen LogP contribution is -2.36. The number of amides is 1. The highest BCUT2D eigenvalue weighted by Crippen LogP contribution is 2.33. The first-order valence-corrected chi connectivity index (χ1v) is 11.2. The second-order valence-corrected chi connectivity index (χ2v) is 8.41. The predicted octanol–water partition coefficient (Wildman–Crippen LogP) is 2.57. The average Bonchev–Trinajstić information content (AvgIpc) is 3.62. The molecule has 1 amide bonds. The van der Waals surface area contributed by atoms with E-state index in [0.717, 1.165) is 67.0 Å². The number of anilines is 3. The SMILES string of the molecule is CNc1ncc(-c2cc3ccc(N4CCOCC4)cn3n2)c2cc(NC(=O)C3CC3)nnc12. The highest BCUT2D eigenvalue weighted by Gasteiger charge is 2.30. The third-order valence-corrected chi connectivity index (χ3v) is 6.16. The lowest BCUT2D eigenvalue weighted by atomic mass is 10.1. The van der Waals surface area contributed by atoms with Crippen molar-refractivity contribution in [2.24, 2.45) is 5.92 Å². The van der Waals surface area contributed by atoms with Crippen LogP contribution in [-0.4, -0.2) is 64.1 Å². The topological polar surface area (TPSA) is 110 Å². The van der Waals surface area contributed by atoms with E-state index in [2.05, 4.69) is 42.8 Å². The highest BCUT2D eigenvalue weighted by molar-refractivity contribution is 6.01. The molecule has 2 aliphatic rings. The number of morpholine rings is 1. The van der Waals surface area contributed by atoms with Crippen molar-refractivity contribution in [3.63, 3.8) is 0 Å². The summed E-state index contributed by atoms with van der Waals surface area (Å²) >= 11 is 0. The summed E-state index contributed by atoms with van der Waals surface area (Å²) in [5.41, 5.74) is 4.34. The second-order valence-electron chi connectivity index (χ2n) is 8.41. The molecule has 4 aromatic rings. The molecule has 168 valence electrons. The highest BCUT2D eigenvalue weighted by atomic mass is 16.5. The van der Waals surface area contributed by atoms with Crippen LogP contribution in [0.4, 0.5) is 17.3 Å². The van der Waals surface area contributed by atoms with Gasteiger partial charge < -0.3 is 20.3 Å². The monoisotopic (exact) mass is 444 g/mol. The maximum atomic E-state index is 12.2. The van der Waals surface area contributed by atoms with Crippen LogP contribution < -0.4 is 15.5 Å². The third kappa shape index (κ3) is 3.72. The van der Waals surface area contributed by atoms with Gasteiger partial charge in [0.05, 0.1) is 36.3 Å². The summed E-state index contributed by atoms with van der Waals surface area (Å²) in [6.45, 7) is 3.21. The molecule has 6 rings (SSSR count). The number of rotatable bonds is 5. The maximum Gasteiger partial charge on any atom is 0.228 e. The molecule has 2 fully saturated rings. The van der Waals surface area contributed by atoms with Gasteiger partial charge in [-0.05, 0) is 37.1 Å². The van der Waals surface area contributed by atoms with Gasteiger partial charge in [-0.1, -0.05) is 0 Å². The fraction of sp³-hybridized carbons (Fsp3) is 0.348. The van der Waals surface area contributed by atoms with Crippen LogP contribution in [0.1, 0.15) is 12.8 Å². The molecule has 0 radical (unpaired) electrons. The van der Waals surface area contributed by atoms with Crippen molar-refractivity contribution in [1.82, 2.24) is 24.8 Å². The zero-order valence-electron chi connectivity index (χ0n) is 18.3. The Morgan fingerprint density at radius 1 is 1.15 bits per heavy atom. The number of aromatic nitrogens is 5. The van der Waals surface area contributed by atoms with Gasteiger partial charge >= 0.3 is 0 Å². The normalized spacial score (nSPS) is 16.3. The van der Waals surface area contributed by atoms with Crippen molar-refractivity contribution >= 4 is 39.6 Å². The summed E-state index contributed by atoms with van der Waals surface area (Å²) in [4.78, 5) is 19.1. The summed E-state index contributed by atoms with van der Waals surface area (Å²) in [5.74, 6) is 1.15. The molecule has 1 aliphatic heterocycles. The van der Waals surface area contributed by atoms with Crippen LogP contribution in [0, 0.1) is 5.92 Å². The van der Waals surface area contributed by atoms with Crippen molar-refractivity contribution in [1.29, 1.82) is 0 Å². The van der Waals surface area contributed by atoms with Gasteiger partial charge in [0.25, 0.3) is 0 Å². The Kier molecular flexibility index (Phi) is 4.79. The van der Waals surface area contributed by atoms with Crippen LogP contribution in [0.2, 0.25) is 0 Å². The van der Waals surface area contributed by atoms with Crippen LogP contribution in [-0.2, 0) is 9.53 Å². The molecule has 10 nitrogen and oxygen atoms in total. The van der Waals surface area contributed by atoms with Gasteiger partial charge in [-0.15, -0.1) is 10.2 Å². The standard InChI is InChI=1S/C23H24N8O2/c1-24-22-21-17(11-20(27-28-21)26-23(32)14-2-3-14)18(12-25-22)19-10-15-4-5-16(13-31(15)29-19)30-6-8-33-9-7-30/h4-5,10-14H,2-3,6-9H2,1H3,(H,24,25)(H,26,27,32). The summed E-state index contributed by atoms with van der Waals surface area (Å²) < 4.78 is 7.36. The van der Waals surface area contributed by atoms with Crippen molar-refractivity contribution in [3.05, 3.63) is 36.7 Å². The number of nitrogens with zero attached hydrogens (tertiary/aromatic N) is 6. The molecule has 0 spiro atoms. The molecule has 1 saturated carbocycles. The van der Waals surface area contributed by atoms with Crippen molar-refractivity contribution in [2.45, 2.75) is 12.8 Å². The quantitative estimate of drug-likeness (QED) is 0.483. The average molecular weight is 444 g/mol. The van der Waals surface area contributed by atoms with Crippen LogP contribution in [0.5, 0.6) is 0 Å². The zero-order valence-corrected chi connectivity index (χ0v) is 18.3. The minimum Gasteiger partial charge on any atom is -0.378 e. The van der Waals surface area contributed by atoms with Crippen LogP contribution in [0.25, 0.3) is 27.7 Å². The van der Waals surface area contributed by atoms with E-state index in [4.69, 9.17) is 9.84 Å². The smallest absolute Gasteiger partial charge is 0.228 e. The lowest BCUT2D eigenvalue weighted by molar-refractivity contribution is -0.117. The van der Waals surface area contributed by atoms with E-state index in [1.807, 2.05) is 22.8 Å². The minimum absolute atomic E-state index is 0.00327. The van der Waals surface area contributed by atoms with Crippen LogP contribution >= 0.6 is 0 Å². The predicted molar refractivity (Wildman–Crippen MR) is 125 cm³/mol. The Morgan fingerprint density at radius 3 is 2.79 bits per heavy atom. The number of carbonyl (C=O) groups is 1. The number of ether oxygens (including phenoxy) is 1. The molecule has 2 N–H and O–H groups in total. The molecular weight excluding hydrogens is 420 g/mol. The number of fused-ring (bicyclic) bond motifs is 2. The molecule has 5 heterocycles. The van der Waals surface area contributed by atoms with E-state index in [-0.39, 0.29) is 11.8 Å². The molecule has 0 aromatic carbocycles. The van der Waals surface area contributed by atoms with E-state index in [1.54, 1.807) is 13.2 Å². The molecule has 0 atom stereocenters. The van der Waals surface area contributed by atoms with Gasteiger partial charge in [0, 0.05) is 43.2 Å². The Labute approximate surface area is 190 Å². The fourth-order valence-corrected chi connectivity index (χ4v) is 4.17. The van der Waals surface area contributed by atoms with Gasteiger partial charge in [-0.25, -0.2) is 9.50 Å². The zero-order chi connectivity index (χ0) is 22.4. The van der Waals surface area contributed by atoms with Gasteiger partial charge in [0.2, 0.25) is 5.91 Å². The summed E-state index contributed by atoms with van der Waals surface area (Å²) in [6.07, 6.45) is 5.69. The molecule has 0 unspecified atom stereocenters. The van der Waals surface area contributed by atoms with Gasteiger partial charge in [-0.2, -0.15) is 5.10 Å². The third-order valence-electron chi connectivity index (χ3n) is 6.16. The van der Waals surface area contributed by atoms with E-state index >= 15 is 0 Å². The molecule has 1 saturated heterocycles. The van der Waals surface area contributed by atoms with E-state index in [0.29, 0.717) is 17.2 Å². The summed E-state index contributed by atoms with van der Waals surface area (Å²) in [5, 5.41) is 20.2. The van der Waals surface area contributed by atoms with Gasteiger partial charge in [0.15, 0.2) is 11.6 Å². The Balaban J connectivity index is 1.41. The first-order chi connectivity index (χ1) is 16.2. The van der Waals surface area contributed by atoms with Crippen molar-refractivity contribution in [2.75, 3.05) is 48.9 Å². The Hall–Kier alpha value is -3.79. The minimum atomic E-state index is -0.00327. The number of nitrogens with one attached hydrogen (secondary N) is 2. The van der Waals surface area contributed by atoms with E-state index < -0.39 is 0 Å². The van der Waals surface area contributed by atoms with Gasteiger partial charge in [-0.3, -0.25) is 4.79 Å². The number of carbonyl (C=O) groups excluding carboxylic acids is 1. The first-order valence-electron chi connectivity index (χ1n) is 11.2.